The SMILES string of the molecule is CCCCCCCC/C=C\CCCCCCCCOCCN(CCO)CCOCCCCCCCC/C=C\CCCCCCCC.COS(=O)(=O)O. The Morgan fingerprint density at radius 2 is 0.750 bits per heavy atom. The van der Waals surface area contributed by atoms with E-state index in [1.165, 1.54) is 167 Å². The van der Waals surface area contributed by atoms with Gasteiger partial charge in [-0.2, -0.15) is 8.42 Å². The van der Waals surface area contributed by atoms with Crippen LogP contribution in [0.2, 0.25) is 0 Å². The molecule has 0 heterocycles. The van der Waals surface area contributed by atoms with Gasteiger partial charge in [0.1, 0.15) is 0 Å². The van der Waals surface area contributed by atoms with Crippen molar-refractivity contribution in [1.82, 2.24) is 4.90 Å². The monoisotopic (exact) mass is 762 g/mol. The maximum Gasteiger partial charge on any atom is 0.397 e. The van der Waals surface area contributed by atoms with Crippen molar-refractivity contribution in [3.05, 3.63) is 24.3 Å². The summed E-state index contributed by atoms with van der Waals surface area (Å²) in [5.41, 5.74) is 0. The van der Waals surface area contributed by atoms with Crippen LogP contribution in [0.3, 0.4) is 0 Å². The second-order valence-corrected chi connectivity index (χ2v) is 15.4. The number of nitrogens with zero attached hydrogens (tertiary/aromatic N) is 1. The maximum absolute atomic E-state index is 9.42. The number of allylic oxidation sites excluding steroid dienone is 4. The number of rotatable bonds is 41. The van der Waals surface area contributed by atoms with Crippen LogP contribution >= 0.6 is 0 Å². The van der Waals surface area contributed by atoms with Crippen LogP contribution in [0.1, 0.15) is 194 Å². The first-order chi connectivity index (χ1) is 25.4. The molecule has 0 atom stereocenters. The average molecular weight is 762 g/mol. The third-order valence-corrected chi connectivity index (χ3v) is 9.75. The minimum absolute atomic E-state index is 0.198. The first-order valence-corrected chi connectivity index (χ1v) is 23.1. The molecule has 312 valence electrons. The highest BCUT2D eigenvalue weighted by Gasteiger charge is 2.04. The first-order valence-electron chi connectivity index (χ1n) is 21.7. The van der Waals surface area contributed by atoms with Gasteiger partial charge in [-0.15, -0.1) is 0 Å². The van der Waals surface area contributed by atoms with Crippen LogP contribution in [0.4, 0.5) is 0 Å². The molecule has 0 aliphatic rings. The molecular formula is C43H87NO7S. The lowest BCUT2D eigenvalue weighted by molar-refractivity contribution is 0.0649. The highest BCUT2D eigenvalue weighted by atomic mass is 32.3. The van der Waals surface area contributed by atoms with E-state index >= 15 is 0 Å². The Bertz CT molecular complexity index is 774. The van der Waals surface area contributed by atoms with Gasteiger partial charge >= 0.3 is 10.4 Å². The number of hydrogen-bond donors (Lipinski definition) is 2. The van der Waals surface area contributed by atoms with E-state index in [4.69, 9.17) is 14.0 Å². The minimum atomic E-state index is -4.16. The van der Waals surface area contributed by atoms with Crippen molar-refractivity contribution in [2.75, 3.05) is 59.8 Å². The largest absolute Gasteiger partial charge is 0.397 e. The van der Waals surface area contributed by atoms with Crippen molar-refractivity contribution in [2.45, 2.75) is 194 Å². The molecule has 0 saturated heterocycles. The molecule has 0 rings (SSSR count). The van der Waals surface area contributed by atoms with Crippen molar-refractivity contribution in [3.63, 3.8) is 0 Å². The van der Waals surface area contributed by atoms with E-state index in [9.17, 15) is 13.5 Å². The van der Waals surface area contributed by atoms with E-state index in [2.05, 4.69) is 47.2 Å². The highest BCUT2D eigenvalue weighted by molar-refractivity contribution is 7.80. The van der Waals surface area contributed by atoms with Gasteiger partial charge in [-0.1, -0.05) is 154 Å². The van der Waals surface area contributed by atoms with Gasteiger partial charge in [0.2, 0.25) is 0 Å². The standard InChI is InChI=1S/C42H83NO3.CH4O4S/c1-3-5-7-9-11-13-15-17-19-21-23-25-27-29-31-33-39-45-41-36-43(35-38-44)37-42-46-40-34-32-30-28-26-24-22-20-18-16-14-12-10-8-6-4-2;1-5-6(2,3)4/h17-20,44H,3-16,21-42H2,1-2H3;1H3,(H,2,3,4)/b19-17-,20-18-;. The number of aliphatic hydroxyl groups excluding tert-OH is 1. The topological polar surface area (TPSA) is 106 Å². The van der Waals surface area contributed by atoms with E-state index in [1.54, 1.807) is 0 Å². The molecule has 0 unspecified atom stereocenters. The molecule has 2 N–H and O–H groups in total. The van der Waals surface area contributed by atoms with Crippen LogP contribution < -0.4 is 0 Å². The van der Waals surface area contributed by atoms with Gasteiger partial charge in [0.25, 0.3) is 0 Å². The van der Waals surface area contributed by atoms with E-state index in [-0.39, 0.29) is 6.61 Å². The van der Waals surface area contributed by atoms with E-state index in [0.29, 0.717) is 6.54 Å². The predicted molar refractivity (Wildman–Crippen MR) is 223 cm³/mol. The van der Waals surface area contributed by atoms with E-state index < -0.39 is 10.4 Å². The highest BCUT2D eigenvalue weighted by Crippen LogP contribution is 2.12. The fraction of sp³-hybridized carbons (Fsp3) is 0.907. The van der Waals surface area contributed by atoms with Crippen LogP contribution in [0.25, 0.3) is 0 Å². The summed E-state index contributed by atoms with van der Waals surface area (Å²) in [7, 11) is -3.29. The molecule has 9 heteroatoms. The summed E-state index contributed by atoms with van der Waals surface area (Å²) in [6, 6.07) is 0. The molecule has 0 aromatic carbocycles. The zero-order chi connectivity index (χ0) is 38.5. The molecule has 0 radical (unpaired) electrons. The third-order valence-electron chi connectivity index (χ3n) is 9.33. The Morgan fingerprint density at radius 1 is 0.462 bits per heavy atom. The third kappa shape index (κ3) is 51.3. The Kier molecular flexibility index (Phi) is 47.5. The molecule has 52 heavy (non-hydrogen) atoms. The van der Waals surface area contributed by atoms with Crippen LogP contribution in [0.5, 0.6) is 0 Å². The predicted octanol–water partition coefficient (Wildman–Crippen LogP) is 11.8. The van der Waals surface area contributed by atoms with E-state index in [1.807, 2.05) is 0 Å². The molecule has 0 bridgehead atoms. The van der Waals surface area contributed by atoms with Gasteiger partial charge in [0.15, 0.2) is 0 Å². The molecule has 0 aliphatic carbocycles. The Balaban J connectivity index is 0. The molecule has 0 amide bonds. The van der Waals surface area contributed by atoms with Gasteiger partial charge in [-0.3, -0.25) is 13.6 Å². The molecular weight excluding hydrogens is 675 g/mol. The molecule has 0 fully saturated rings. The van der Waals surface area contributed by atoms with Crippen LogP contribution in [-0.2, 0) is 24.1 Å². The Labute approximate surface area is 323 Å². The molecule has 8 nitrogen and oxygen atoms in total. The number of unbranched alkanes of at least 4 members (excludes halogenated alkanes) is 24. The molecule has 0 saturated carbocycles. The van der Waals surface area contributed by atoms with Crippen molar-refractivity contribution < 1.29 is 31.7 Å². The number of aliphatic hydroxyl groups is 1. The lowest BCUT2D eigenvalue weighted by Crippen LogP contribution is -2.33. The van der Waals surface area contributed by atoms with Gasteiger partial charge in [-0.05, 0) is 64.2 Å². The normalized spacial score (nSPS) is 12.0. The molecule has 0 aliphatic heterocycles. The summed E-state index contributed by atoms with van der Waals surface area (Å²) in [6.45, 7) is 10.5. The summed E-state index contributed by atoms with van der Waals surface area (Å²) in [4.78, 5) is 2.27. The van der Waals surface area contributed by atoms with Crippen LogP contribution in [0.15, 0.2) is 24.3 Å². The molecule has 0 aromatic heterocycles. The molecule has 0 aromatic rings. The summed E-state index contributed by atoms with van der Waals surface area (Å²) in [5.74, 6) is 0. The van der Waals surface area contributed by atoms with Crippen LogP contribution in [0, 0.1) is 0 Å². The van der Waals surface area contributed by atoms with Gasteiger partial charge in [-0.25, -0.2) is 0 Å². The Morgan fingerprint density at radius 3 is 1.04 bits per heavy atom. The summed E-state index contributed by atoms with van der Waals surface area (Å²) in [5, 5.41) is 9.42. The van der Waals surface area contributed by atoms with Crippen LogP contribution in [-0.4, -0.2) is 82.8 Å². The summed E-state index contributed by atoms with van der Waals surface area (Å²) < 4.78 is 41.5. The zero-order valence-corrected chi connectivity index (χ0v) is 35.4. The maximum atomic E-state index is 9.42. The van der Waals surface area contributed by atoms with Crippen molar-refractivity contribution in [3.8, 4) is 0 Å². The van der Waals surface area contributed by atoms with Crippen molar-refractivity contribution >= 4 is 10.4 Å². The minimum Gasteiger partial charge on any atom is -0.395 e. The first kappa shape index (κ1) is 53.3. The smallest absolute Gasteiger partial charge is 0.395 e. The number of hydrogen-bond acceptors (Lipinski definition) is 7. The quantitative estimate of drug-likeness (QED) is 0.0360. The second-order valence-electron chi connectivity index (χ2n) is 14.3. The van der Waals surface area contributed by atoms with Crippen molar-refractivity contribution in [1.29, 1.82) is 0 Å². The average Bonchev–Trinajstić information content (AvgIpc) is 3.13. The van der Waals surface area contributed by atoms with Gasteiger partial charge < -0.3 is 14.6 Å². The fourth-order valence-electron chi connectivity index (χ4n) is 5.97. The molecule has 0 spiro atoms. The summed E-state index contributed by atoms with van der Waals surface area (Å²) >= 11 is 0. The number of ether oxygens (including phenoxy) is 2. The van der Waals surface area contributed by atoms with Crippen molar-refractivity contribution in [2.24, 2.45) is 0 Å². The van der Waals surface area contributed by atoms with E-state index in [0.717, 1.165) is 59.5 Å². The zero-order valence-electron chi connectivity index (χ0n) is 34.6. The second kappa shape index (κ2) is 46.3. The summed E-state index contributed by atoms with van der Waals surface area (Å²) in [6.07, 6.45) is 47.1. The lowest BCUT2D eigenvalue weighted by atomic mass is 10.1. The lowest BCUT2D eigenvalue weighted by Gasteiger charge is -2.21. The Hall–Kier alpha value is -0.810. The van der Waals surface area contributed by atoms with Gasteiger partial charge in [0, 0.05) is 32.8 Å². The fourth-order valence-corrected chi connectivity index (χ4v) is 5.97. The van der Waals surface area contributed by atoms with Gasteiger partial charge in [0.05, 0.1) is 26.9 Å².